The maximum atomic E-state index is 12.6. The Bertz CT molecular complexity index is 1040. The van der Waals surface area contributed by atoms with E-state index in [1.54, 1.807) is 0 Å². The van der Waals surface area contributed by atoms with Gasteiger partial charge in [0.05, 0.1) is 18.8 Å². The van der Waals surface area contributed by atoms with Gasteiger partial charge in [0.1, 0.15) is 12.2 Å². The van der Waals surface area contributed by atoms with Gasteiger partial charge in [-0.2, -0.15) is 0 Å². The number of aliphatic hydroxyl groups is 4. The van der Waals surface area contributed by atoms with Crippen molar-refractivity contribution in [2.45, 2.75) is 391 Å². The zero-order valence-electron chi connectivity index (χ0n) is 48.3. The average Bonchev–Trinajstić information content (AvgIpc) is 3.38. The van der Waals surface area contributed by atoms with Crippen LogP contribution in [0.5, 0.6) is 0 Å². The molecule has 424 valence electrons. The van der Waals surface area contributed by atoms with Crippen LogP contribution in [0.4, 0.5) is 0 Å². The van der Waals surface area contributed by atoms with Crippen LogP contribution >= 0.6 is 0 Å². The molecule has 0 spiro atoms. The van der Waals surface area contributed by atoms with E-state index in [1.807, 2.05) is 0 Å². The predicted molar refractivity (Wildman–Crippen MR) is 311 cm³/mol. The molecule has 1 amide bonds. The van der Waals surface area contributed by atoms with Gasteiger partial charge in [-0.1, -0.05) is 341 Å². The van der Waals surface area contributed by atoms with E-state index in [4.69, 9.17) is 0 Å². The highest BCUT2D eigenvalue weighted by atomic mass is 16.3. The number of unbranched alkanes of at least 4 members (excludes halogenated alkanes) is 50. The molecule has 4 unspecified atom stereocenters. The lowest BCUT2D eigenvalue weighted by Crippen LogP contribution is -2.53. The normalized spacial score (nSPS) is 13.6. The third-order valence-corrected chi connectivity index (χ3v) is 15.7. The second-order valence-electron chi connectivity index (χ2n) is 22.8. The maximum Gasteiger partial charge on any atom is 0.249 e. The Labute approximate surface area is 444 Å². The van der Waals surface area contributed by atoms with Crippen molar-refractivity contribution in [3.8, 4) is 0 Å². The van der Waals surface area contributed by atoms with E-state index in [-0.39, 0.29) is 0 Å². The first-order valence-corrected chi connectivity index (χ1v) is 32.6. The van der Waals surface area contributed by atoms with Crippen LogP contribution in [0.3, 0.4) is 0 Å². The molecule has 0 aliphatic heterocycles. The Hall–Kier alpha value is -0.950. The average molecular weight is 1000 g/mol. The molecule has 6 nitrogen and oxygen atoms in total. The van der Waals surface area contributed by atoms with Crippen LogP contribution in [0.15, 0.2) is 12.2 Å². The van der Waals surface area contributed by atoms with Crippen molar-refractivity contribution >= 4 is 5.91 Å². The van der Waals surface area contributed by atoms with E-state index < -0.39 is 36.9 Å². The molecule has 4 atom stereocenters. The molecule has 0 aromatic heterocycles. The summed E-state index contributed by atoms with van der Waals surface area (Å²) < 4.78 is 0. The Morgan fingerprint density at radius 3 is 0.817 bits per heavy atom. The fourth-order valence-electron chi connectivity index (χ4n) is 10.6. The standard InChI is InChI=1S/C65H129NO5/c1-3-5-7-9-11-13-15-17-19-21-23-25-27-29-30-31-32-33-35-37-39-41-43-45-47-49-51-53-55-57-59-63(69)65(71)66-61(60-67)64(70)62(68)58-56-54-52-50-48-46-44-42-40-38-36-34-28-26-24-22-20-18-16-14-12-10-8-6-4-2/h29-30,61-64,67-70H,3-28,31-60H2,1-2H3,(H,66,71)/b30-29-. The lowest BCUT2D eigenvalue weighted by molar-refractivity contribution is -0.132. The Morgan fingerprint density at radius 2 is 0.563 bits per heavy atom. The van der Waals surface area contributed by atoms with Crippen molar-refractivity contribution in [1.82, 2.24) is 5.32 Å². The molecular weight excluding hydrogens is 875 g/mol. The van der Waals surface area contributed by atoms with Crippen molar-refractivity contribution in [2.24, 2.45) is 0 Å². The van der Waals surface area contributed by atoms with E-state index in [1.165, 1.54) is 302 Å². The van der Waals surface area contributed by atoms with E-state index >= 15 is 0 Å². The van der Waals surface area contributed by atoms with E-state index in [9.17, 15) is 25.2 Å². The number of nitrogens with one attached hydrogen (secondary N) is 1. The summed E-state index contributed by atoms with van der Waals surface area (Å²) in [4.78, 5) is 12.6. The molecule has 0 radical (unpaired) electrons. The molecular formula is C65H129NO5. The van der Waals surface area contributed by atoms with Gasteiger partial charge in [-0.15, -0.1) is 0 Å². The number of rotatable bonds is 61. The van der Waals surface area contributed by atoms with Gasteiger partial charge < -0.3 is 25.7 Å². The third-order valence-electron chi connectivity index (χ3n) is 15.7. The second-order valence-corrected chi connectivity index (χ2v) is 22.8. The monoisotopic (exact) mass is 1000 g/mol. The van der Waals surface area contributed by atoms with Gasteiger partial charge in [-0.3, -0.25) is 4.79 Å². The summed E-state index contributed by atoms with van der Waals surface area (Å²) in [6, 6.07) is -0.984. The molecule has 0 rings (SSSR count). The van der Waals surface area contributed by atoms with Crippen LogP contribution in [-0.2, 0) is 4.79 Å². The Balaban J connectivity index is 3.55. The molecule has 71 heavy (non-hydrogen) atoms. The Kier molecular flexibility index (Phi) is 59.1. The van der Waals surface area contributed by atoms with Crippen molar-refractivity contribution in [1.29, 1.82) is 0 Å². The molecule has 6 heteroatoms. The minimum atomic E-state index is -1.26. The van der Waals surface area contributed by atoms with Gasteiger partial charge in [-0.05, 0) is 38.5 Å². The Morgan fingerprint density at radius 1 is 0.338 bits per heavy atom. The van der Waals surface area contributed by atoms with Crippen molar-refractivity contribution in [3.05, 3.63) is 12.2 Å². The first-order valence-electron chi connectivity index (χ1n) is 32.6. The highest BCUT2D eigenvalue weighted by Crippen LogP contribution is 2.19. The minimum Gasteiger partial charge on any atom is -0.394 e. The molecule has 0 aromatic rings. The topological polar surface area (TPSA) is 110 Å². The number of aliphatic hydroxyl groups excluding tert-OH is 4. The van der Waals surface area contributed by atoms with Crippen LogP contribution in [0, 0.1) is 0 Å². The highest BCUT2D eigenvalue weighted by Gasteiger charge is 2.28. The number of hydrogen-bond donors (Lipinski definition) is 5. The quantitative estimate of drug-likeness (QED) is 0.0308. The number of hydrogen-bond acceptors (Lipinski definition) is 5. The maximum absolute atomic E-state index is 12.6. The molecule has 0 aliphatic rings. The van der Waals surface area contributed by atoms with Gasteiger partial charge in [-0.25, -0.2) is 0 Å². The van der Waals surface area contributed by atoms with Crippen LogP contribution in [0.1, 0.15) is 367 Å². The van der Waals surface area contributed by atoms with E-state index in [0.717, 1.165) is 38.5 Å². The molecule has 0 fully saturated rings. The largest absolute Gasteiger partial charge is 0.394 e. The summed E-state index contributed by atoms with van der Waals surface area (Å²) in [6.45, 7) is 4.11. The van der Waals surface area contributed by atoms with Gasteiger partial charge in [0.2, 0.25) is 5.91 Å². The first kappa shape index (κ1) is 70.1. The van der Waals surface area contributed by atoms with E-state index in [0.29, 0.717) is 12.8 Å². The summed E-state index contributed by atoms with van der Waals surface area (Å²) in [5.41, 5.74) is 0. The van der Waals surface area contributed by atoms with Gasteiger partial charge in [0.15, 0.2) is 0 Å². The molecule has 0 saturated carbocycles. The lowest BCUT2D eigenvalue weighted by Gasteiger charge is -2.27. The molecule has 0 aromatic carbocycles. The van der Waals surface area contributed by atoms with Crippen LogP contribution in [0.2, 0.25) is 0 Å². The summed E-state index contributed by atoms with van der Waals surface area (Å²) in [5.74, 6) is -0.576. The number of carbonyl (C=O) groups excluding carboxylic acids is 1. The van der Waals surface area contributed by atoms with Gasteiger partial charge >= 0.3 is 0 Å². The van der Waals surface area contributed by atoms with Crippen molar-refractivity contribution in [2.75, 3.05) is 6.61 Å². The molecule has 5 N–H and O–H groups in total. The molecule has 0 heterocycles. The SMILES string of the molecule is CCCCCCCCCCCCCC/C=C\CCCCCCCCCCCCCCCCC(O)C(=O)NC(CO)C(O)C(O)CCCCCCCCCCCCCCCCCCCCCCCCCCC. The van der Waals surface area contributed by atoms with Gasteiger partial charge in [0, 0.05) is 0 Å². The zero-order valence-corrected chi connectivity index (χ0v) is 48.3. The lowest BCUT2D eigenvalue weighted by atomic mass is 9.99. The van der Waals surface area contributed by atoms with Crippen molar-refractivity contribution in [3.63, 3.8) is 0 Å². The number of carbonyl (C=O) groups is 1. The summed E-state index contributed by atoms with van der Waals surface area (Å²) in [7, 11) is 0. The minimum absolute atomic E-state index is 0.373. The fourth-order valence-corrected chi connectivity index (χ4v) is 10.6. The molecule has 0 aliphatic carbocycles. The highest BCUT2D eigenvalue weighted by molar-refractivity contribution is 5.80. The first-order chi connectivity index (χ1) is 35.0. The number of amides is 1. The van der Waals surface area contributed by atoms with E-state index in [2.05, 4.69) is 31.3 Å². The second kappa shape index (κ2) is 59.9. The van der Waals surface area contributed by atoms with Crippen LogP contribution in [-0.4, -0.2) is 57.3 Å². The fraction of sp³-hybridized carbons (Fsp3) is 0.954. The predicted octanol–water partition coefficient (Wildman–Crippen LogP) is 19.6. The third kappa shape index (κ3) is 53.7. The van der Waals surface area contributed by atoms with Crippen LogP contribution < -0.4 is 5.32 Å². The zero-order chi connectivity index (χ0) is 51.6. The van der Waals surface area contributed by atoms with Crippen molar-refractivity contribution < 1.29 is 25.2 Å². The van der Waals surface area contributed by atoms with Crippen LogP contribution in [0.25, 0.3) is 0 Å². The summed E-state index contributed by atoms with van der Waals surface area (Å²) in [5, 5.41) is 44.2. The molecule has 0 saturated heterocycles. The molecule has 0 bridgehead atoms. The smallest absolute Gasteiger partial charge is 0.249 e. The summed E-state index contributed by atoms with van der Waals surface area (Å²) >= 11 is 0. The van der Waals surface area contributed by atoms with Gasteiger partial charge in [0.25, 0.3) is 0 Å². The number of allylic oxidation sites excluding steroid dienone is 2. The summed E-state index contributed by atoms with van der Waals surface area (Å²) in [6.07, 6.45) is 73.1.